The molecule has 11 heteroatoms. The Hall–Kier alpha value is -3.02. The van der Waals surface area contributed by atoms with Crippen LogP contribution in [-0.2, 0) is 26.2 Å². The van der Waals surface area contributed by atoms with Crippen molar-refractivity contribution >= 4 is 21.8 Å². The fraction of sp³-hybridized carbons (Fsp3) is 0.350. The van der Waals surface area contributed by atoms with Crippen LogP contribution in [0.3, 0.4) is 0 Å². The van der Waals surface area contributed by atoms with Gasteiger partial charge in [-0.1, -0.05) is 19.9 Å². The number of hydroxylamine groups is 1. The molecule has 0 saturated carbocycles. The molecule has 1 aromatic heterocycles. The van der Waals surface area contributed by atoms with Gasteiger partial charge in [-0.25, -0.2) is 13.9 Å². The summed E-state index contributed by atoms with van der Waals surface area (Å²) in [5, 5.41) is 11.8. The molecule has 1 aromatic carbocycles. The topological polar surface area (TPSA) is 138 Å². The number of sulfonamides is 1. The largest absolute Gasteiger partial charge is 0.497 e. The van der Waals surface area contributed by atoms with Gasteiger partial charge in [0.1, 0.15) is 11.8 Å². The van der Waals surface area contributed by atoms with E-state index in [-0.39, 0.29) is 11.4 Å². The number of ether oxygens (including phenoxy) is 1. The van der Waals surface area contributed by atoms with Crippen LogP contribution in [0, 0.1) is 5.92 Å². The average molecular weight is 451 g/mol. The Balaban J connectivity index is 2.34. The Morgan fingerprint density at radius 3 is 2.39 bits per heavy atom. The van der Waals surface area contributed by atoms with Crippen LogP contribution in [0.25, 0.3) is 0 Å². The minimum atomic E-state index is -4.27. The molecule has 0 aliphatic heterocycles. The van der Waals surface area contributed by atoms with Crippen LogP contribution in [0.1, 0.15) is 19.4 Å². The monoisotopic (exact) mass is 450 g/mol. The first kappa shape index (κ1) is 24.3. The van der Waals surface area contributed by atoms with Gasteiger partial charge in [0, 0.05) is 18.9 Å². The Labute approximate surface area is 181 Å². The molecule has 0 fully saturated rings. The third-order valence-electron chi connectivity index (χ3n) is 4.50. The summed E-state index contributed by atoms with van der Waals surface area (Å²) in [6.45, 7) is 2.75. The van der Waals surface area contributed by atoms with Crippen LogP contribution in [0.5, 0.6) is 5.75 Å². The maximum Gasteiger partial charge on any atom is 0.262 e. The molecule has 1 unspecified atom stereocenters. The summed E-state index contributed by atoms with van der Waals surface area (Å²) in [6.07, 6.45) is 3.16. The molecule has 168 valence electrons. The van der Waals surface area contributed by atoms with Gasteiger partial charge in [-0.2, -0.15) is 4.31 Å². The highest BCUT2D eigenvalue weighted by atomic mass is 32.2. The number of hydrogen-bond donors (Lipinski definition) is 3. The first-order valence-corrected chi connectivity index (χ1v) is 10.9. The van der Waals surface area contributed by atoms with Gasteiger partial charge in [-0.15, -0.1) is 0 Å². The molecule has 0 bridgehead atoms. The van der Waals surface area contributed by atoms with E-state index in [4.69, 9.17) is 9.94 Å². The molecule has 2 rings (SSSR count). The number of methoxy groups -OCH3 is 1. The third kappa shape index (κ3) is 6.23. The zero-order chi connectivity index (χ0) is 23.0. The van der Waals surface area contributed by atoms with Crippen molar-refractivity contribution in [1.82, 2.24) is 20.1 Å². The summed E-state index contributed by atoms with van der Waals surface area (Å²) >= 11 is 0. The lowest BCUT2D eigenvalue weighted by Gasteiger charge is -2.31. The molecule has 0 spiro atoms. The Bertz CT molecular complexity index is 980. The van der Waals surface area contributed by atoms with E-state index < -0.39 is 40.3 Å². The number of rotatable bonds is 10. The van der Waals surface area contributed by atoms with Crippen molar-refractivity contribution in [3.05, 3.63) is 54.4 Å². The van der Waals surface area contributed by atoms with Gasteiger partial charge in [0.25, 0.3) is 5.91 Å². The first-order valence-electron chi connectivity index (χ1n) is 9.46. The summed E-state index contributed by atoms with van der Waals surface area (Å²) < 4.78 is 32.5. The minimum Gasteiger partial charge on any atom is -0.497 e. The summed E-state index contributed by atoms with van der Waals surface area (Å²) in [5.41, 5.74) is 2.23. The number of carbonyl (C=O) groups excluding carboxylic acids is 2. The highest BCUT2D eigenvalue weighted by Gasteiger charge is 2.39. The Morgan fingerprint density at radius 2 is 1.87 bits per heavy atom. The van der Waals surface area contributed by atoms with E-state index in [1.54, 1.807) is 38.4 Å². The Morgan fingerprint density at radius 1 is 1.19 bits per heavy atom. The number of nitrogens with zero attached hydrogens (tertiary/aromatic N) is 2. The molecule has 31 heavy (non-hydrogen) atoms. The predicted octanol–water partition coefficient (Wildman–Crippen LogP) is 0.927. The van der Waals surface area contributed by atoms with Gasteiger partial charge in [0.15, 0.2) is 0 Å². The predicted molar refractivity (Wildman–Crippen MR) is 112 cm³/mol. The number of aromatic nitrogens is 1. The second-order valence-electron chi connectivity index (χ2n) is 7.03. The third-order valence-corrected chi connectivity index (χ3v) is 6.34. The van der Waals surface area contributed by atoms with E-state index in [1.807, 2.05) is 0 Å². The standard InChI is InChI=1S/C20H26N4O6S/c1-14(2)19(20(26)23-27)24(13-18(25)22-12-15-5-4-10-21-11-15)31(28,29)17-8-6-16(30-3)7-9-17/h4-11,14,19,27H,12-13H2,1-3H3,(H,22,25)(H,23,26). The molecule has 3 N–H and O–H groups in total. The summed E-state index contributed by atoms with van der Waals surface area (Å²) in [4.78, 5) is 28.7. The van der Waals surface area contributed by atoms with Crippen LogP contribution in [-0.4, -0.2) is 54.4 Å². The lowest BCUT2D eigenvalue weighted by Crippen LogP contribution is -2.54. The lowest BCUT2D eigenvalue weighted by molar-refractivity contribution is -0.135. The number of carbonyl (C=O) groups is 2. The maximum absolute atomic E-state index is 13.3. The molecular formula is C20H26N4O6S. The van der Waals surface area contributed by atoms with Gasteiger partial charge >= 0.3 is 0 Å². The fourth-order valence-electron chi connectivity index (χ4n) is 2.95. The van der Waals surface area contributed by atoms with Crippen LogP contribution in [0.15, 0.2) is 53.7 Å². The number of hydrogen-bond acceptors (Lipinski definition) is 7. The van der Waals surface area contributed by atoms with Gasteiger partial charge in [-0.05, 0) is 41.8 Å². The number of pyridine rings is 1. The summed E-state index contributed by atoms with van der Waals surface area (Å²) in [7, 11) is -2.82. The van der Waals surface area contributed by atoms with E-state index in [1.165, 1.54) is 36.9 Å². The van der Waals surface area contributed by atoms with Crippen molar-refractivity contribution in [1.29, 1.82) is 0 Å². The van der Waals surface area contributed by atoms with Crippen molar-refractivity contribution in [2.45, 2.75) is 31.3 Å². The van der Waals surface area contributed by atoms with Crippen LogP contribution in [0.2, 0.25) is 0 Å². The van der Waals surface area contributed by atoms with E-state index in [0.29, 0.717) is 5.75 Å². The molecule has 0 radical (unpaired) electrons. The van der Waals surface area contributed by atoms with Crippen LogP contribution in [0.4, 0.5) is 0 Å². The maximum atomic E-state index is 13.3. The lowest BCUT2D eigenvalue weighted by atomic mass is 10.0. The summed E-state index contributed by atoms with van der Waals surface area (Å²) in [5.74, 6) is -1.64. The van der Waals surface area contributed by atoms with Crippen molar-refractivity contribution in [3.63, 3.8) is 0 Å². The zero-order valence-corrected chi connectivity index (χ0v) is 18.3. The summed E-state index contributed by atoms with van der Waals surface area (Å²) in [6, 6.07) is 7.72. The highest BCUT2D eigenvalue weighted by molar-refractivity contribution is 7.89. The Kier molecular flexibility index (Phi) is 8.48. The molecular weight excluding hydrogens is 424 g/mol. The SMILES string of the molecule is COc1ccc(S(=O)(=O)N(CC(=O)NCc2cccnc2)C(C(=O)NO)C(C)C)cc1. The molecule has 2 amide bonds. The quantitative estimate of drug-likeness (QED) is 0.362. The molecule has 0 aliphatic carbocycles. The van der Waals surface area contributed by atoms with Crippen molar-refractivity contribution in [2.24, 2.45) is 5.92 Å². The average Bonchev–Trinajstić information content (AvgIpc) is 2.77. The van der Waals surface area contributed by atoms with Crippen molar-refractivity contribution in [2.75, 3.05) is 13.7 Å². The molecule has 1 atom stereocenters. The zero-order valence-electron chi connectivity index (χ0n) is 17.5. The highest BCUT2D eigenvalue weighted by Crippen LogP contribution is 2.24. The second-order valence-corrected chi connectivity index (χ2v) is 8.92. The molecule has 10 nitrogen and oxygen atoms in total. The molecule has 1 heterocycles. The van der Waals surface area contributed by atoms with E-state index in [2.05, 4.69) is 10.3 Å². The van der Waals surface area contributed by atoms with Gasteiger partial charge in [0.2, 0.25) is 15.9 Å². The van der Waals surface area contributed by atoms with Gasteiger partial charge in [0.05, 0.1) is 18.6 Å². The van der Waals surface area contributed by atoms with Gasteiger partial charge < -0.3 is 10.1 Å². The molecule has 0 saturated heterocycles. The van der Waals surface area contributed by atoms with Gasteiger partial charge in [-0.3, -0.25) is 19.8 Å². The minimum absolute atomic E-state index is 0.121. The normalized spacial score (nSPS) is 12.5. The van der Waals surface area contributed by atoms with E-state index >= 15 is 0 Å². The van der Waals surface area contributed by atoms with E-state index in [0.717, 1.165) is 9.87 Å². The van der Waals surface area contributed by atoms with E-state index in [9.17, 15) is 18.0 Å². The van der Waals surface area contributed by atoms with Crippen LogP contribution < -0.4 is 15.5 Å². The van der Waals surface area contributed by atoms with Crippen molar-refractivity contribution < 1.29 is 28.0 Å². The molecule has 0 aliphatic rings. The fourth-order valence-corrected chi connectivity index (χ4v) is 4.63. The molecule has 2 aromatic rings. The second kappa shape index (κ2) is 10.8. The number of benzene rings is 1. The van der Waals surface area contributed by atoms with Crippen molar-refractivity contribution in [3.8, 4) is 5.75 Å². The van der Waals surface area contributed by atoms with Crippen LogP contribution >= 0.6 is 0 Å². The number of nitrogens with one attached hydrogen (secondary N) is 2. The number of amides is 2. The smallest absolute Gasteiger partial charge is 0.262 e. The first-order chi connectivity index (χ1) is 14.7.